The fraction of sp³-hybridized carbons (Fsp3) is 0.105. The molecule has 1 N–H and O–H groups in total. The van der Waals surface area contributed by atoms with Crippen molar-refractivity contribution in [3.63, 3.8) is 0 Å². The first-order chi connectivity index (χ1) is 11.1. The second-order valence-electron chi connectivity index (χ2n) is 5.61. The Balaban J connectivity index is 2.09. The summed E-state index contributed by atoms with van der Waals surface area (Å²) in [6.07, 6.45) is 1.86. The predicted molar refractivity (Wildman–Crippen MR) is 95.5 cm³/mol. The molecule has 2 aromatic carbocycles. The van der Waals surface area contributed by atoms with Gasteiger partial charge < -0.3 is 4.90 Å². The quantitative estimate of drug-likeness (QED) is 0.796. The number of H-pyrrole nitrogens is 1. The molecule has 0 bridgehead atoms. The van der Waals surface area contributed by atoms with Gasteiger partial charge in [0.2, 0.25) is 0 Å². The average molecular weight is 305 g/mol. The number of aromatic amines is 1. The maximum absolute atomic E-state index is 12.6. The summed E-state index contributed by atoms with van der Waals surface area (Å²) in [7, 11) is 3.99. The zero-order valence-corrected chi connectivity index (χ0v) is 13.3. The first-order valence-electron chi connectivity index (χ1n) is 7.41. The average Bonchev–Trinajstić information content (AvgIpc) is 2.84. The van der Waals surface area contributed by atoms with Crippen LogP contribution in [0.25, 0.3) is 18.3 Å². The summed E-state index contributed by atoms with van der Waals surface area (Å²) in [5.74, 6) is 0. The van der Waals surface area contributed by atoms with E-state index in [0.717, 1.165) is 16.9 Å². The minimum absolute atomic E-state index is 0.0992. The Morgan fingerprint density at radius 3 is 2.30 bits per heavy atom. The van der Waals surface area contributed by atoms with E-state index in [4.69, 9.17) is 0 Å². The molecular formula is C19H19N3O. The van der Waals surface area contributed by atoms with Gasteiger partial charge in [0.1, 0.15) is 0 Å². The smallest absolute Gasteiger partial charge is 0.279 e. The molecule has 0 fully saturated rings. The van der Waals surface area contributed by atoms with E-state index in [1.54, 1.807) is 0 Å². The molecule has 4 nitrogen and oxygen atoms in total. The van der Waals surface area contributed by atoms with Crippen LogP contribution in [-0.2, 0) is 0 Å². The van der Waals surface area contributed by atoms with E-state index in [0.29, 0.717) is 10.6 Å². The van der Waals surface area contributed by atoms with Gasteiger partial charge in [0, 0.05) is 19.8 Å². The van der Waals surface area contributed by atoms with Crippen molar-refractivity contribution >= 4 is 18.3 Å². The van der Waals surface area contributed by atoms with Crippen molar-refractivity contribution in [1.82, 2.24) is 9.78 Å². The SMILES string of the molecule is C=c1[nH]n(-c2ccccc2)c(=O)/c1=C\c1ccc(N(C)C)cc1. The zero-order valence-electron chi connectivity index (χ0n) is 13.3. The number of nitrogens with one attached hydrogen (secondary N) is 1. The molecule has 0 spiro atoms. The number of benzene rings is 2. The Kier molecular flexibility index (Phi) is 3.89. The lowest BCUT2D eigenvalue weighted by atomic mass is 10.1. The van der Waals surface area contributed by atoms with E-state index >= 15 is 0 Å². The number of rotatable bonds is 3. The van der Waals surface area contributed by atoms with Crippen LogP contribution in [0.3, 0.4) is 0 Å². The minimum Gasteiger partial charge on any atom is -0.378 e. The molecule has 0 aliphatic heterocycles. The van der Waals surface area contributed by atoms with Gasteiger partial charge in [0.15, 0.2) is 0 Å². The van der Waals surface area contributed by atoms with Gasteiger partial charge >= 0.3 is 0 Å². The van der Waals surface area contributed by atoms with Crippen LogP contribution >= 0.6 is 0 Å². The molecule has 0 atom stereocenters. The molecular weight excluding hydrogens is 286 g/mol. The molecule has 116 valence electrons. The third-order valence-electron chi connectivity index (χ3n) is 3.74. The predicted octanol–water partition coefficient (Wildman–Crippen LogP) is 1.47. The van der Waals surface area contributed by atoms with Gasteiger partial charge in [0.25, 0.3) is 5.56 Å². The van der Waals surface area contributed by atoms with Crippen LogP contribution in [0.2, 0.25) is 0 Å². The summed E-state index contributed by atoms with van der Waals surface area (Å²) in [6.45, 7) is 3.95. The van der Waals surface area contributed by atoms with Crippen LogP contribution in [0, 0.1) is 0 Å². The van der Waals surface area contributed by atoms with Gasteiger partial charge in [-0.2, -0.15) is 0 Å². The van der Waals surface area contributed by atoms with Crippen LogP contribution in [0.15, 0.2) is 59.4 Å². The molecule has 1 aromatic heterocycles. The van der Waals surface area contributed by atoms with Crippen molar-refractivity contribution in [1.29, 1.82) is 0 Å². The highest BCUT2D eigenvalue weighted by molar-refractivity contribution is 5.55. The van der Waals surface area contributed by atoms with Gasteiger partial charge in [-0.05, 0) is 35.9 Å². The summed E-state index contributed by atoms with van der Waals surface area (Å²) in [5.41, 5.74) is 2.78. The molecule has 1 heterocycles. The Labute approximate surface area is 134 Å². The largest absolute Gasteiger partial charge is 0.378 e. The third-order valence-corrected chi connectivity index (χ3v) is 3.74. The number of hydrogen-bond donors (Lipinski definition) is 1. The van der Waals surface area contributed by atoms with Crippen LogP contribution < -0.4 is 21.0 Å². The number of hydrogen-bond acceptors (Lipinski definition) is 2. The fourth-order valence-electron chi connectivity index (χ4n) is 2.44. The third kappa shape index (κ3) is 2.97. The van der Waals surface area contributed by atoms with Gasteiger partial charge in [-0.1, -0.05) is 36.9 Å². The summed E-state index contributed by atoms with van der Waals surface area (Å²) < 4.78 is 1.52. The van der Waals surface area contributed by atoms with E-state index in [9.17, 15) is 4.79 Å². The van der Waals surface area contributed by atoms with Gasteiger partial charge in [-0.25, -0.2) is 4.68 Å². The molecule has 0 saturated carbocycles. The number of para-hydroxylation sites is 1. The number of aromatic nitrogens is 2. The van der Waals surface area contributed by atoms with E-state index in [1.165, 1.54) is 4.68 Å². The van der Waals surface area contributed by atoms with E-state index < -0.39 is 0 Å². The van der Waals surface area contributed by atoms with Crippen LogP contribution in [0.1, 0.15) is 5.56 Å². The standard InChI is InChI=1S/C19H19N3O/c1-14-18(13-15-9-11-16(12-10-15)21(2)3)19(23)22(20-14)17-7-5-4-6-8-17/h4-13,20H,1H2,2-3H3/b18-13-. The van der Waals surface area contributed by atoms with E-state index in [-0.39, 0.29) is 5.56 Å². The second-order valence-corrected chi connectivity index (χ2v) is 5.61. The lowest BCUT2D eigenvalue weighted by molar-refractivity contribution is 0.838. The highest BCUT2D eigenvalue weighted by atomic mass is 16.1. The molecule has 0 amide bonds. The van der Waals surface area contributed by atoms with Crippen molar-refractivity contribution in [2.75, 3.05) is 19.0 Å². The van der Waals surface area contributed by atoms with Crippen LogP contribution in [0.5, 0.6) is 0 Å². The maximum Gasteiger partial charge on any atom is 0.279 e. The van der Waals surface area contributed by atoms with E-state index in [2.05, 4.69) is 11.7 Å². The molecule has 3 aromatic rings. The van der Waals surface area contributed by atoms with Crippen LogP contribution in [0.4, 0.5) is 5.69 Å². The molecule has 0 radical (unpaired) electrons. The highest BCUT2D eigenvalue weighted by Gasteiger charge is 2.04. The molecule has 4 heteroatoms. The normalized spacial score (nSPS) is 11.7. The molecule has 0 unspecified atom stereocenters. The van der Waals surface area contributed by atoms with E-state index in [1.807, 2.05) is 79.7 Å². The van der Waals surface area contributed by atoms with Crippen molar-refractivity contribution in [3.8, 4) is 5.69 Å². The summed E-state index contributed by atoms with van der Waals surface area (Å²) in [5, 5.41) is 4.22. The lowest BCUT2D eigenvalue weighted by Gasteiger charge is -2.11. The molecule has 0 aliphatic carbocycles. The lowest BCUT2D eigenvalue weighted by Crippen LogP contribution is -2.33. The first-order valence-corrected chi connectivity index (χ1v) is 7.41. The molecule has 0 saturated heterocycles. The van der Waals surface area contributed by atoms with Crippen molar-refractivity contribution in [2.24, 2.45) is 0 Å². The molecule has 3 rings (SSSR count). The number of anilines is 1. The molecule has 23 heavy (non-hydrogen) atoms. The number of nitrogens with zero attached hydrogens (tertiary/aromatic N) is 2. The Morgan fingerprint density at radius 1 is 1.04 bits per heavy atom. The summed E-state index contributed by atoms with van der Waals surface area (Å²) in [6, 6.07) is 17.5. The minimum atomic E-state index is -0.0992. The fourth-order valence-corrected chi connectivity index (χ4v) is 2.44. The van der Waals surface area contributed by atoms with Crippen molar-refractivity contribution in [3.05, 3.63) is 81.1 Å². The Bertz CT molecular complexity index is 964. The highest BCUT2D eigenvalue weighted by Crippen LogP contribution is 2.12. The molecule has 0 aliphatic rings. The van der Waals surface area contributed by atoms with Crippen molar-refractivity contribution < 1.29 is 0 Å². The monoisotopic (exact) mass is 305 g/mol. The van der Waals surface area contributed by atoms with Gasteiger partial charge in [-0.3, -0.25) is 9.89 Å². The van der Waals surface area contributed by atoms with Crippen molar-refractivity contribution in [2.45, 2.75) is 0 Å². The van der Waals surface area contributed by atoms with Gasteiger partial charge in [-0.15, -0.1) is 0 Å². The van der Waals surface area contributed by atoms with Gasteiger partial charge in [0.05, 0.1) is 16.3 Å². The topological polar surface area (TPSA) is 41.0 Å². The second kappa shape index (κ2) is 6.01. The summed E-state index contributed by atoms with van der Waals surface area (Å²) >= 11 is 0. The Hall–Kier alpha value is -3.01. The zero-order chi connectivity index (χ0) is 16.4. The van der Waals surface area contributed by atoms with Crippen LogP contribution in [-0.4, -0.2) is 23.9 Å². The summed E-state index contributed by atoms with van der Waals surface area (Å²) in [4.78, 5) is 14.7. The first kappa shape index (κ1) is 14.9. The maximum atomic E-state index is 12.6. The Morgan fingerprint density at radius 2 is 1.70 bits per heavy atom.